The van der Waals surface area contributed by atoms with Gasteiger partial charge in [-0.2, -0.15) is 0 Å². The molecule has 1 unspecified atom stereocenters. The fourth-order valence-corrected chi connectivity index (χ4v) is 6.12. The molecule has 19 heavy (non-hydrogen) atoms. The minimum atomic E-state index is -3.45. The van der Waals surface area contributed by atoms with Crippen LogP contribution in [0.4, 0.5) is 0 Å². The summed E-state index contributed by atoms with van der Waals surface area (Å²) in [6, 6.07) is 5.42. The highest BCUT2D eigenvalue weighted by Crippen LogP contribution is 2.32. The van der Waals surface area contributed by atoms with E-state index in [1.54, 1.807) is 17.4 Å². The van der Waals surface area contributed by atoms with Crippen LogP contribution < -0.4 is 4.72 Å². The maximum Gasteiger partial charge on any atom is 0.250 e. The SMILES string of the molecule is CCC(NS(=O)(=O)c1cc(C)c(Br)s1)c1cccs1. The lowest BCUT2D eigenvalue weighted by atomic mass is 10.2. The third-order valence-corrected chi connectivity index (χ3v) is 7.76. The molecule has 104 valence electrons. The molecule has 0 aromatic carbocycles. The molecule has 0 fully saturated rings. The zero-order valence-electron chi connectivity index (χ0n) is 10.5. The Hall–Kier alpha value is -0.210. The number of rotatable bonds is 5. The molecule has 0 amide bonds. The summed E-state index contributed by atoms with van der Waals surface area (Å²) >= 11 is 6.17. The van der Waals surface area contributed by atoms with Gasteiger partial charge in [0.05, 0.1) is 9.83 Å². The van der Waals surface area contributed by atoms with Gasteiger partial charge in [-0.15, -0.1) is 22.7 Å². The van der Waals surface area contributed by atoms with Crippen LogP contribution in [0.3, 0.4) is 0 Å². The summed E-state index contributed by atoms with van der Waals surface area (Å²) in [7, 11) is -3.45. The van der Waals surface area contributed by atoms with Gasteiger partial charge in [0.25, 0.3) is 10.0 Å². The fraction of sp³-hybridized carbons (Fsp3) is 0.333. The highest BCUT2D eigenvalue weighted by atomic mass is 79.9. The van der Waals surface area contributed by atoms with Crippen LogP contribution in [0, 0.1) is 6.92 Å². The molecular formula is C12H14BrNO2S3. The summed E-state index contributed by atoms with van der Waals surface area (Å²) in [5.41, 5.74) is 0.939. The first-order valence-electron chi connectivity index (χ1n) is 5.75. The van der Waals surface area contributed by atoms with E-state index >= 15 is 0 Å². The molecule has 0 aliphatic heterocycles. The Balaban J connectivity index is 2.25. The van der Waals surface area contributed by atoms with Crippen molar-refractivity contribution in [2.45, 2.75) is 30.5 Å². The highest BCUT2D eigenvalue weighted by Gasteiger charge is 2.23. The number of halogens is 1. The van der Waals surface area contributed by atoms with Crippen molar-refractivity contribution < 1.29 is 8.42 Å². The van der Waals surface area contributed by atoms with Crippen LogP contribution in [0.5, 0.6) is 0 Å². The third kappa shape index (κ3) is 3.46. The number of sulfonamides is 1. The van der Waals surface area contributed by atoms with E-state index in [4.69, 9.17) is 0 Å². The monoisotopic (exact) mass is 379 g/mol. The molecule has 1 atom stereocenters. The van der Waals surface area contributed by atoms with Crippen molar-refractivity contribution in [1.29, 1.82) is 0 Å². The molecule has 0 saturated heterocycles. The minimum Gasteiger partial charge on any atom is -0.206 e. The average Bonchev–Trinajstić information content (AvgIpc) is 2.98. The molecule has 0 radical (unpaired) electrons. The first kappa shape index (κ1) is 15.2. The Morgan fingerprint density at radius 1 is 1.47 bits per heavy atom. The van der Waals surface area contributed by atoms with E-state index in [0.717, 1.165) is 20.6 Å². The van der Waals surface area contributed by atoms with Crippen LogP contribution in [0.1, 0.15) is 29.8 Å². The number of thiophene rings is 2. The summed E-state index contributed by atoms with van der Waals surface area (Å²) in [5.74, 6) is 0. The lowest BCUT2D eigenvalue weighted by molar-refractivity contribution is 0.555. The van der Waals surface area contributed by atoms with Gasteiger partial charge in [-0.3, -0.25) is 0 Å². The molecule has 1 N–H and O–H groups in total. The van der Waals surface area contributed by atoms with Gasteiger partial charge in [0.2, 0.25) is 0 Å². The van der Waals surface area contributed by atoms with Crippen LogP contribution in [0.2, 0.25) is 0 Å². The third-order valence-electron chi connectivity index (χ3n) is 2.69. The Kier molecular flexibility index (Phi) is 4.84. The quantitative estimate of drug-likeness (QED) is 0.840. The maximum atomic E-state index is 12.3. The molecule has 0 aliphatic rings. The Morgan fingerprint density at radius 2 is 2.21 bits per heavy atom. The van der Waals surface area contributed by atoms with E-state index in [1.807, 2.05) is 31.4 Å². The highest BCUT2D eigenvalue weighted by molar-refractivity contribution is 9.11. The van der Waals surface area contributed by atoms with Crippen LogP contribution in [0.15, 0.2) is 31.6 Å². The lowest BCUT2D eigenvalue weighted by Gasteiger charge is -2.14. The van der Waals surface area contributed by atoms with Gasteiger partial charge in [-0.05, 0) is 52.4 Å². The van der Waals surface area contributed by atoms with E-state index in [9.17, 15) is 8.42 Å². The van der Waals surface area contributed by atoms with Gasteiger partial charge in [-0.1, -0.05) is 13.0 Å². The molecule has 2 aromatic heterocycles. The zero-order valence-corrected chi connectivity index (χ0v) is 14.5. The predicted octanol–water partition coefficient (Wildman–Crippen LogP) is 4.31. The van der Waals surface area contributed by atoms with Gasteiger partial charge >= 0.3 is 0 Å². The first-order valence-corrected chi connectivity index (χ1v) is 9.73. The van der Waals surface area contributed by atoms with E-state index < -0.39 is 10.0 Å². The van der Waals surface area contributed by atoms with Crippen molar-refractivity contribution in [1.82, 2.24) is 4.72 Å². The molecule has 0 aliphatic carbocycles. The molecule has 0 bridgehead atoms. The molecule has 2 rings (SSSR count). The number of aryl methyl sites for hydroxylation is 1. The number of hydrogen-bond donors (Lipinski definition) is 1. The summed E-state index contributed by atoms with van der Waals surface area (Å²) < 4.78 is 28.7. The summed E-state index contributed by atoms with van der Waals surface area (Å²) in [6.45, 7) is 3.86. The second kappa shape index (κ2) is 6.05. The standard InChI is InChI=1S/C12H14BrNO2S3/c1-3-9(10-5-4-6-17-10)14-19(15,16)11-7-8(2)12(13)18-11/h4-7,9,14H,3H2,1-2H3. The molecule has 0 spiro atoms. The van der Waals surface area contributed by atoms with Gasteiger partial charge in [0.1, 0.15) is 4.21 Å². The Labute approximate surface area is 129 Å². The largest absolute Gasteiger partial charge is 0.250 e. The molecular weight excluding hydrogens is 366 g/mol. The Morgan fingerprint density at radius 3 is 2.68 bits per heavy atom. The van der Waals surface area contributed by atoms with Crippen LogP contribution in [-0.2, 0) is 10.0 Å². The van der Waals surface area contributed by atoms with Gasteiger partial charge in [-0.25, -0.2) is 13.1 Å². The lowest BCUT2D eigenvalue weighted by Crippen LogP contribution is -2.27. The van der Waals surface area contributed by atoms with Crippen molar-refractivity contribution in [3.05, 3.63) is 37.8 Å². The molecule has 3 nitrogen and oxygen atoms in total. The molecule has 0 saturated carbocycles. The van der Waals surface area contributed by atoms with Crippen molar-refractivity contribution in [2.24, 2.45) is 0 Å². The number of hydrogen-bond acceptors (Lipinski definition) is 4. The van der Waals surface area contributed by atoms with Crippen molar-refractivity contribution in [3.63, 3.8) is 0 Å². The van der Waals surface area contributed by atoms with Crippen molar-refractivity contribution >= 4 is 48.6 Å². The maximum absolute atomic E-state index is 12.3. The normalized spacial score (nSPS) is 13.6. The van der Waals surface area contributed by atoms with Crippen LogP contribution in [0.25, 0.3) is 0 Å². The molecule has 7 heteroatoms. The van der Waals surface area contributed by atoms with E-state index in [1.165, 1.54) is 11.3 Å². The summed E-state index contributed by atoms with van der Waals surface area (Å²) in [5, 5.41) is 1.96. The van der Waals surface area contributed by atoms with Crippen LogP contribution in [-0.4, -0.2) is 8.42 Å². The second-order valence-corrected chi connectivity index (χ2v) is 9.41. The minimum absolute atomic E-state index is 0.161. The van der Waals surface area contributed by atoms with Crippen molar-refractivity contribution in [3.8, 4) is 0 Å². The van der Waals surface area contributed by atoms with E-state index in [0.29, 0.717) is 4.21 Å². The molecule has 2 aromatic rings. The smallest absolute Gasteiger partial charge is 0.206 e. The summed E-state index contributed by atoms with van der Waals surface area (Å²) in [6.07, 6.45) is 0.727. The zero-order chi connectivity index (χ0) is 14.0. The molecule has 2 heterocycles. The second-order valence-electron chi connectivity index (χ2n) is 4.12. The fourth-order valence-electron chi connectivity index (χ4n) is 1.64. The van der Waals surface area contributed by atoms with Gasteiger partial charge in [0, 0.05) is 4.88 Å². The first-order chi connectivity index (χ1) is 8.94. The van der Waals surface area contributed by atoms with Crippen LogP contribution >= 0.6 is 38.6 Å². The number of nitrogens with one attached hydrogen (secondary N) is 1. The topological polar surface area (TPSA) is 46.2 Å². The van der Waals surface area contributed by atoms with Gasteiger partial charge in [0.15, 0.2) is 0 Å². The van der Waals surface area contributed by atoms with Gasteiger partial charge < -0.3 is 0 Å². The average molecular weight is 380 g/mol. The Bertz CT molecular complexity index is 627. The summed E-state index contributed by atoms with van der Waals surface area (Å²) in [4.78, 5) is 1.04. The van der Waals surface area contributed by atoms with E-state index in [-0.39, 0.29) is 6.04 Å². The van der Waals surface area contributed by atoms with Crippen molar-refractivity contribution in [2.75, 3.05) is 0 Å². The van der Waals surface area contributed by atoms with E-state index in [2.05, 4.69) is 20.7 Å². The predicted molar refractivity (Wildman–Crippen MR) is 84.4 cm³/mol.